The van der Waals surface area contributed by atoms with E-state index in [2.05, 4.69) is 69.2 Å². The molecule has 1 N–H and O–H groups in total. The van der Waals surface area contributed by atoms with Gasteiger partial charge in [-0.15, -0.1) is 0 Å². The van der Waals surface area contributed by atoms with Crippen molar-refractivity contribution in [1.29, 1.82) is 0 Å². The van der Waals surface area contributed by atoms with Crippen LogP contribution in [0.15, 0.2) is 24.3 Å². The average Bonchev–Trinajstić information content (AvgIpc) is 2.49. The minimum absolute atomic E-state index is 0.316. The number of hydrogen-bond acceptors (Lipinski definition) is 3. The summed E-state index contributed by atoms with van der Waals surface area (Å²) < 4.78 is 0. The van der Waals surface area contributed by atoms with Crippen LogP contribution >= 0.6 is 0 Å². The molecule has 112 valence electrons. The van der Waals surface area contributed by atoms with E-state index in [9.17, 15) is 0 Å². The lowest BCUT2D eigenvalue weighted by Gasteiger charge is -2.15. The lowest BCUT2D eigenvalue weighted by Crippen LogP contribution is -2.09. The molecular weight excluding hydrogens is 258 g/mol. The maximum absolute atomic E-state index is 4.81. The fourth-order valence-electron chi connectivity index (χ4n) is 2.35. The van der Waals surface area contributed by atoms with Crippen LogP contribution in [0.3, 0.4) is 0 Å². The van der Waals surface area contributed by atoms with Crippen LogP contribution in [0, 0.1) is 6.92 Å². The Kier molecular flexibility index (Phi) is 4.94. The van der Waals surface area contributed by atoms with Crippen LogP contribution in [0.4, 0.5) is 5.82 Å². The Hall–Kier alpha value is -1.90. The zero-order valence-corrected chi connectivity index (χ0v) is 13.7. The van der Waals surface area contributed by atoms with Crippen molar-refractivity contribution in [2.75, 3.05) is 11.9 Å². The molecule has 0 saturated carbocycles. The Bertz CT molecular complexity index is 618. The topological polar surface area (TPSA) is 37.8 Å². The van der Waals surface area contributed by atoms with Gasteiger partial charge in [-0.2, -0.15) is 0 Å². The maximum atomic E-state index is 4.81. The van der Waals surface area contributed by atoms with E-state index < -0.39 is 0 Å². The molecule has 3 heteroatoms. The molecule has 2 rings (SSSR count). The van der Waals surface area contributed by atoms with Crippen LogP contribution < -0.4 is 5.32 Å². The minimum Gasteiger partial charge on any atom is -0.370 e. The molecular formula is C18H25N3. The Morgan fingerprint density at radius 2 is 1.90 bits per heavy atom. The third-order valence-electron chi connectivity index (χ3n) is 3.63. The van der Waals surface area contributed by atoms with Crippen LogP contribution in [0.25, 0.3) is 11.3 Å². The Morgan fingerprint density at radius 3 is 2.52 bits per heavy atom. The van der Waals surface area contributed by atoms with Crippen molar-refractivity contribution in [3.8, 4) is 11.3 Å². The molecule has 0 bridgehead atoms. The first-order valence-corrected chi connectivity index (χ1v) is 7.78. The first-order valence-electron chi connectivity index (χ1n) is 7.78. The number of benzene rings is 1. The molecule has 0 radical (unpaired) electrons. The number of nitrogens with zero attached hydrogens (tertiary/aromatic N) is 2. The summed E-state index contributed by atoms with van der Waals surface area (Å²) >= 11 is 0. The standard InChI is InChI=1S/C18H25N3/c1-6-14-9-8-10-15(11-14)16-13(5)18(19-7-2)21-17(20-16)12(3)4/h8-12H,6-7H2,1-5H3,(H,19,20,21). The predicted molar refractivity (Wildman–Crippen MR) is 89.8 cm³/mol. The smallest absolute Gasteiger partial charge is 0.133 e. The molecule has 0 atom stereocenters. The van der Waals surface area contributed by atoms with Gasteiger partial charge in [0.2, 0.25) is 0 Å². The van der Waals surface area contributed by atoms with Crippen molar-refractivity contribution in [3.63, 3.8) is 0 Å². The van der Waals surface area contributed by atoms with Crippen molar-refractivity contribution in [1.82, 2.24) is 9.97 Å². The lowest BCUT2D eigenvalue weighted by molar-refractivity contribution is 0.774. The summed E-state index contributed by atoms with van der Waals surface area (Å²) in [4.78, 5) is 9.48. The van der Waals surface area contributed by atoms with Gasteiger partial charge in [0.15, 0.2) is 0 Å². The molecule has 21 heavy (non-hydrogen) atoms. The van der Waals surface area contributed by atoms with Crippen molar-refractivity contribution in [2.45, 2.75) is 47.0 Å². The summed E-state index contributed by atoms with van der Waals surface area (Å²) in [5.74, 6) is 2.16. The Balaban J connectivity index is 2.59. The van der Waals surface area contributed by atoms with Crippen LogP contribution in [-0.2, 0) is 6.42 Å². The first kappa shape index (κ1) is 15.5. The summed E-state index contributed by atoms with van der Waals surface area (Å²) in [5, 5.41) is 3.36. The summed E-state index contributed by atoms with van der Waals surface area (Å²) in [6.45, 7) is 11.5. The maximum Gasteiger partial charge on any atom is 0.133 e. The largest absolute Gasteiger partial charge is 0.370 e. The molecule has 0 aliphatic rings. The van der Waals surface area contributed by atoms with E-state index in [1.807, 2.05) is 0 Å². The zero-order chi connectivity index (χ0) is 15.4. The monoisotopic (exact) mass is 283 g/mol. The highest BCUT2D eigenvalue weighted by atomic mass is 15.0. The highest BCUT2D eigenvalue weighted by Gasteiger charge is 2.14. The van der Waals surface area contributed by atoms with Crippen molar-refractivity contribution in [3.05, 3.63) is 41.2 Å². The molecule has 1 aromatic heterocycles. The minimum atomic E-state index is 0.316. The van der Waals surface area contributed by atoms with Gasteiger partial charge in [0.05, 0.1) is 5.69 Å². The van der Waals surface area contributed by atoms with E-state index in [4.69, 9.17) is 4.98 Å². The van der Waals surface area contributed by atoms with E-state index in [0.29, 0.717) is 5.92 Å². The lowest BCUT2D eigenvalue weighted by atomic mass is 10.0. The van der Waals surface area contributed by atoms with E-state index in [-0.39, 0.29) is 0 Å². The quantitative estimate of drug-likeness (QED) is 0.873. The van der Waals surface area contributed by atoms with Crippen LogP contribution in [-0.4, -0.2) is 16.5 Å². The van der Waals surface area contributed by atoms with Crippen molar-refractivity contribution in [2.24, 2.45) is 0 Å². The second-order valence-corrected chi connectivity index (χ2v) is 5.64. The number of nitrogens with one attached hydrogen (secondary N) is 1. The molecule has 0 spiro atoms. The highest BCUT2D eigenvalue weighted by molar-refractivity contribution is 5.68. The van der Waals surface area contributed by atoms with Gasteiger partial charge in [-0.05, 0) is 31.9 Å². The fourth-order valence-corrected chi connectivity index (χ4v) is 2.35. The molecule has 0 aliphatic carbocycles. The molecule has 2 aromatic rings. The van der Waals surface area contributed by atoms with E-state index in [1.54, 1.807) is 0 Å². The zero-order valence-electron chi connectivity index (χ0n) is 13.7. The van der Waals surface area contributed by atoms with Crippen LogP contribution in [0.1, 0.15) is 50.6 Å². The molecule has 0 amide bonds. The molecule has 0 unspecified atom stereocenters. The number of rotatable bonds is 5. The molecule has 3 nitrogen and oxygen atoms in total. The summed E-state index contributed by atoms with van der Waals surface area (Å²) in [6.07, 6.45) is 1.04. The summed E-state index contributed by atoms with van der Waals surface area (Å²) in [5.41, 5.74) is 4.67. The van der Waals surface area contributed by atoms with Gasteiger partial charge in [-0.3, -0.25) is 0 Å². The molecule has 0 fully saturated rings. The van der Waals surface area contributed by atoms with E-state index in [1.165, 1.54) is 11.1 Å². The van der Waals surface area contributed by atoms with Crippen molar-refractivity contribution >= 4 is 5.82 Å². The second kappa shape index (κ2) is 6.70. The van der Waals surface area contributed by atoms with Gasteiger partial charge in [0, 0.05) is 23.6 Å². The van der Waals surface area contributed by atoms with Gasteiger partial charge in [0.25, 0.3) is 0 Å². The van der Waals surface area contributed by atoms with Crippen molar-refractivity contribution < 1.29 is 0 Å². The second-order valence-electron chi connectivity index (χ2n) is 5.64. The number of aryl methyl sites for hydroxylation is 1. The van der Waals surface area contributed by atoms with Gasteiger partial charge in [0.1, 0.15) is 11.6 Å². The fraction of sp³-hybridized carbons (Fsp3) is 0.444. The number of hydrogen-bond donors (Lipinski definition) is 1. The Labute approximate surface area is 127 Å². The first-order chi connectivity index (χ1) is 10.1. The third kappa shape index (κ3) is 3.41. The van der Waals surface area contributed by atoms with Crippen LogP contribution in [0.5, 0.6) is 0 Å². The number of anilines is 1. The summed E-state index contributed by atoms with van der Waals surface area (Å²) in [7, 11) is 0. The number of aromatic nitrogens is 2. The molecule has 0 aliphatic heterocycles. The van der Waals surface area contributed by atoms with E-state index in [0.717, 1.165) is 35.9 Å². The van der Waals surface area contributed by atoms with Gasteiger partial charge >= 0.3 is 0 Å². The average molecular weight is 283 g/mol. The van der Waals surface area contributed by atoms with Gasteiger partial charge < -0.3 is 5.32 Å². The van der Waals surface area contributed by atoms with E-state index >= 15 is 0 Å². The highest BCUT2D eigenvalue weighted by Crippen LogP contribution is 2.28. The van der Waals surface area contributed by atoms with Gasteiger partial charge in [-0.1, -0.05) is 39.0 Å². The summed E-state index contributed by atoms with van der Waals surface area (Å²) in [6, 6.07) is 8.63. The predicted octanol–water partition coefficient (Wildman–Crippen LogP) is 4.57. The molecule has 1 heterocycles. The Morgan fingerprint density at radius 1 is 1.14 bits per heavy atom. The normalized spacial score (nSPS) is 11.0. The third-order valence-corrected chi connectivity index (χ3v) is 3.63. The molecule has 0 saturated heterocycles. The van der Waals surface area contributed by atoms with Gasteiger partial charge in [-0.25, -0.2) is 9.97 Å². The molecule has 1 aromatic carbocycles. The SMILES string of the molecule is CCNc1nc(C(C)C)nc(-c2cccc(CC)c2)c1C. The van der Waals surface area contributed by atoms with Crippen LogP contribution in [0.2, 0.25) is 0 Å².